The Morgan fingerprint density at radius 2 is 2.03 bits per heavy atom. The van der Waals surface area contributed by atoms with E-state index in [2.05, 4.69) is 5.32 Å². The van der Waals surface area contributed by atoms with E-state index < -0.39 is 30.3 Å². The third-order valence-corrected chi connectivity index (χ3v) is 6.02. The summed E-state index contributed by atoms with van der Waals surface area (Å²) in [6.07, 6.45) is 1.38. The molecular weight excluding hydrogens is 425 g/mol. The molecule has 1 aliphatic rings. The Morgan fingerprint density at radius 3 is 2.61 bits per heavy atom. The number of fused-ring (bicyclic) bond motifs is 1. The second-order valence-electron chi connectivity index (χ2n) is 7.48. The molecule has 2 atom stereocenters. The molecule has 3 N–H and O–H groups in total. The molecule has 164 valence electrons. The number of aliphatic hydroxyl groups is 1. The van der Waals surface area contributed by atoms with E-state index in [1.54, 1.807) is 13.2 Å². The highest BCUT2D eigenvalue weighted by molar-refractivity contribution is 6.33. The number of carbonyl (C=O) groups is 2. The van der Waals surface area contributed by atoms with Crippen molar-refractivity contribution in [2.24, 2.45) is 0 Å². The van der Waals surface area contributed by atoms with Gasteiger partial charge in [-0.1, -0.05) is 30.7 Å². The Hall–Kier alpha value is -2.90. The van der Waals surface area contributed by atoms with Crippen LogP contribution in [0, 0.1) is 12.7 Å². The standard InChI is InChI=1S/C23H23ClFNO5/c1-11-15-9-20(31-3)12(2)22(24)17(15)8-16(11)23(30)26-19(10-27)14-5-4-13(6-18(14)25)7-21(28)29/h4-6,8-9,11,19,27H,7,10H2,1-3H3,(H,26,30)(H,28,29)/t11?,19-/m1/s1. The predicted octanol–water partition coefficient (Wildman–Crippen LogP) is 3.77. The van der Waals surface area contributed by atoms with Crippen molar-refractivity contribution in [1.29, 1.82) is 0 Å². The Morgan fingerprint density at radius 1 is 1.32 bits per heavy atom. The van der Waals surface area contributed by atoms with Crippen molar-refractivity contribution in [3.63, 3.8) is 0 Å². The van der Waals surface area contributed by atoms with Gasteiger partial charge < -0.3 is 20.3 Å². The quantitative estimate of drug-likeness (QED) is 0.600. The monoisotopic (exact) mass is 447 g/mol. The minimum absolute atomic E-state index is 0.0734. The molecule has 1 amide bonds. The maximum absolute atomic E-state index is 14.5. The maximum Gasteiger partial charge on any atom is 0.307 e. The van der Waals surface area contributed by atoms with E-state index in [4.69, 9.17) is 21.4 Å². The molecule has 0 spiro atoms. The van der Waals surface area contributed by atoms with Gasteiger partial charge >= 0.3 is 5.97 Å². The molecule has 0 aromatic heterocycles. The fourth-order valence-electron chi connectivity index (χ4n) is 3.79. The maximum atomic E-state index is 14.5. The van der Waals surface area contributed by atoms with E-state index in [1.165, 1.54) is 12.1 Å². The van der Waals surface area contributed by atoms with Gasteiger partial charge in [0.25, 0.3) is 0 Å². The lowest BCUT2D eigenvalue weighted by Crippen LogP contribution is -2.33. The van der Waals surface area contributed by atoms with Crippen molar-refractivity contribution >= 4 is 29.6 Å². The number of carbonyl (C=O) groups excluding carboxylic acids is 1. The van der Waals surface area contributed by atoms with Crippen LogP contribution in [0.3, 0.4) is 0 Å². The van der Waals surface area contributed by atoms with Gasteiger partial charge in [0.05, 0.1) is 31.2 Å². The van der Waals surface area contributed by atoms with Gasteiger partial charge in [0.1, 0.15) is 11.6 Å². The largest absolute Gasteiger partial charge is 0.496 e. The number of ether oxygens (including phenoxy) is 1. The summed E-state index contributed by atoms with van der Waals surface area (Å²) >= 11 is 6.47. The number of aliphatic hydroxyl groups excluding tert-OH is 1. The van der Waals surface area contributed by atoms with Gasteiger partial charge in [-0.3, -0.25) is 9.59 Å². The van der Waals surface area contributed by atoms with E-state index in [9.17, 15) is 19.1 Å². The molecule has 0 fully saturated rings. The van der Waals surface area contributed by atoms with Crippen LogP contribution in [0.1, 0.15) is 46.7 Å². The van der Waals surface area contributed by atoms with Crippen molar-refractivity contribution in [2.75, 3.05) is 13.7 Å². The van der Waals surface area contributed by atoms with Crippen LogP contribution in [0.2, 0.25) is 5.02 Å². The Kier molecular flexibility index (Phi) is 6.67. The molecule has 0 bridgehead atoms. The zero-order valence-electron chi connectivity index (χ0n) is 17.3. The second kappa shape index (κ2) is 9.08. The lowest BCUT2D eigenvalue weighted by molar-refractivity contribution is -0.136. The molecular formula is C23H23ClFNO5. The van der Waals surface area contributed by atoms with Crippen LogP contribution < -0.4 is 10.1 Å². The molecule has 2 aromatic carbocycles. The summed E-state index contributed by atoms with van der Waals surface area (Å²) in [4.78, 5) is 23.8. The van der Waals surface area contributed by atoms with Crippen molar-refractivity contribution < 1.29 is 28.9 Å². The third-order valence-electron chi connectivity index (χ3n) is 5.53. The van der Waals surface area contributed by atoms with Gasteiger partial charge in [-0.05, 0) is 41.8 Å². The lowest BCUT2D eigenvalue weighted by atomic mass is 9.95. The predicted molar refractivity (Wildman–Crippen MR) is 115 cm³/mol. The summed E-state index contributed by atoms with van der Waals surface area (Å²) in [6, 6.07) is 4.79. The first-order chi connectivity index (χ1) is 14.7. The second-order valence-corrected chi connectivity index (χ2v) is 7.86. The number of aliphatic carboxylic acids is 1. The fraction of sp³-hybridized carbons (Fsp3) is 0.304. The summed E-state index contributed by atoms with van der Waals surface area (Å²) in [5.74, 6) is -1.87. The Bertz CT molecular complexity index is 1080. The fourth-order valence-corrected chi connectivity index (χ4v) is 4.05. The van der Waals surface area contributed by atoms with Crippen LogP contribution in [0.5, 0.6) is 5.75 Å². The van der Waals surface area contributed by atoms with Gasteiger partial charge in [0, 0.05) is 22.6 Å². The highest BCUT2D eigenvalue weighted by Gasteiger charge is 2.31. The van der Waals surface area contributed by atoms with E-state index >= 15 is 0 Å². The number of halogens is 2. The number of amides is 1. The Balaban J connectivity index is 1.85. The molecule has 0 radical (unpaired) electrons. The van der Waals surface area contributed by atoms with E-state index in [0.717, 1.165) is 22.8 Å². The van der Waals surface area contributed by atoms with E-state index in [-0.39, 0.29) is 17.9 Å². The number of rotatable bonds is 7. The number of carboxylic acids is 1. The highest BCUT2D eigenvalue weighted by Crippen LogP contribution is 2.44. The highest BCUT2D eigenvalue weighted by atomic mass is 35.5. The SMILES string of the molecule is COc1cc2c(c(Cl)c1C)C=C(C(=O)N[C@H](CO)c1ccc(CC(=O)O)cc1F)C2C. The summed E-state index contributed by atoms with van der Waals surface area (Å²) in [5.41, 5.74) is 3.16. The van der Waals surface area contributed by atoms with Crippen LogP contribution in [0.4, 0.5) is 4.39 Å². The minimum Gasteiger partial charge on any atom is -0.496 e. The van der Waals surface area contributed by atoms with E-state index in [1.807, 2.05) is 19.9 Å². The number of nitrogens with one attached hydrogen (secondary N) is 1. The molecule has 31 heavy (non-hydrogen) atoms. The average molecular weight is 448 g/mol. The molecule has 6 nitrogen and oxygen atoms in total. The van der Waals surface area contributed by atoms with Crippen LogP contribution in [0.25, 0.3) is 6.08 Å². The molecule has 8 heteroatoms. The molecule has 3 rings (SSSR count). The van der Waals surface area contributed by atoms with Gasteiger partial charge in [0.15, 0.2) is 0 Å². The van der Waals surface area contributed by atoms with Crippen LogP contribution in [-0.4, -0.2) is 35.8 Å². The van der Waals surface area contributed by atoms with Gasteiger partial charge in [-0.2, -0.15) is 0 Å². The first kappa shape index (κ1) is 22.8. The molecule has 0 heterocycles. The van der Waals surface area contributed by atoms with Gasteiger partial charge in [-0.25, -0.2) is 4.39 Å². The summed E-state index contributed by atoms with van der Waals surface area (Å²) in [5, 5.41) is 21.8. The van der Waals surface area contributed by atoms with Gasteiger partial charge in [-0.15, -0.1) is 0 Å². The molecule has 0 saturated carbocycles. The van der Waals surface area contributed by atoms with Crippen molar-refractivity contribution in [2.45, 2.75) is 32.2 Å². The molecule has 2 aromatic rings. The summed E-state index contributed by atoms with van der Waals surface area (Å²) in [7, 11) is 1.55. The lowest BCUT2D eigenvalue weighted by Gasteiger charge is -2.20. The number of hydrogen-bond acceptors (Lipinski definition) is 4. The molecule has 1 unspecified atom stereocenters. The summed E-state index contributed by atoms with van der Waals surface area (Å²) in [6.45, 7) is 3.16. The number of methoxy groups -OCH3 is 1. The number of carboxylic acid groups (broad SMARTS) is 1. The van der Waals surface area contributed by atoms with Crippen LogP contribution >= 0.6 is 11.6 Å². The average Bonchev–Trinajstić information content (AvgIpc) is 3.05. The molecule has 0 saturated heterocycles. The van der Waals surface area contributed by atoms with Crippen molar-refractivity contribution in [3.05, 3.63) is 68.5 Å². The minimum atomic E-state index is -1.08. The zero-order valence-corrected chi connectivity index (χ0v) is 18.1. The topological polar surface area (TPSA) is 95.9 Å². The molecule has 1 aliphatic carbocycles. The van der Waals surface area contributed by atoms with E-state index in [0.29, 0.717) is 21.9 Å². The third kappa shape index (κ3) is 4.43. The number of benzene rings is 2. The normalized spacial score (nSPS) is 15.8. The zero-order chi connectivity index (χ0) is 22.9. The first-order valence-corrected chi connectivity index (χ1v) is 10.1. The van der Waals surface area contributed by atoms with Crippen molar-refractivity contribution in [3.8, 4) is 5.75 Å². The Labute approximate surface area is 184 Å². The smallest absolute Gasteiger partial charge is 0.307 e. The summed E-state index contributed by atoms with van der Waals surface area (Å²) < 4.78 is 19.9. The molecule has 0 aliphatic heterocycles. The van der Waals surface area contributed by atoms with Crippen molar-refractivity contribution in [1.82, 2.24) is 5.32 Å². The van der Waals surface area contributed by atoms with Gasteiger partial charge in [0.2, 0.25) is 5.91 Å². The van der Waals surface area contributed by atoms with Crippen LogP contribution in [0.15, 0.2) is 29.8 Å². The first-order valence-electron chi connectivity index (χ1n) is 9.68. The van der Waals surface area contributed by atoms with Crippen LogP contribution in [-0.2, 0) is 16.0 Å². The number of hydrogen-bond donors (Lipinski definition) is 3.